The molecule has 1 aliphatic rings. The van der Waals surface area contributed by atoms with Gasteiger partial charge in [0.15, 0.2) is 0 Å². The average Bonchev–Trinajstić information content (AvgIpc) is 2.81. The van der Waals surface area contributed by atoms with E-state index in [1.54, 1.807) is 0 Å². The van der Waals surface area contributed by atoms with Crippen molar-refractivity contribution in [3.05, 3.63) is 53.9 Å². The predicted molar refractivity (Wildman–Crippen MR) is 101 cm³/mol. The van der Waals surface area contributed by atoms with Gasteiger partial charge in [0.1, 0.15) is 11.7 Å². The maximum atomic E-state index is 12.0. The quantitative estimate of drug-likeness (QED) is 0.894. The Hall–Kier alpha value is -2.40. The number of fused-ring (bicyclic) bond motifs is 1. The number of amides is 1. The molecule has 1 aromatic heterocycles. The maximum Gasteiger partial charge on any atom is 0.407 e. The average molecular weight is 354 g/mol. The van der Waals surface area contributed by atoms with Crippen LogP contribution in [-0.4, -0.2) is 29.8 Å². The second-order valence-corrected chi connectivity index (χ2v) is 7.46. The van der Waals surface area contributed by atoms with Gasteiger partial charge in [0.2, 0.25) is 0 Å². The highest BCUT2D eigenvalue weighted by Gasteiger charge is 2.23. The first kappa shape index (κ1) is 18.4. The van der Waals surface area contributed by atoms with Crippen LogP contribution in [0.5, 0.6) is 0 Å². The van der Waals surface area contributed by atoms with Crippen LogP contribution in [0.4, 0.5) is 4.79 Å². The first-order chi connectivity index (χ1) is 12.4. The lowest BCUT2D eigenvalue weighted by atomic mass is 9.91. The number of hydrogen-bond acceptors (Lipinski definition) is 4. The van der Waals surface area contributed by atoms with Gasteiger partial charge in [-0.3, -0.25) is 4.98 Å². The molecule has 26 heavy (non-hydrogen) atoms. The van der Waals surface area contributed by atoms with E-state index in [9.17, 15) is 4.79 Å². The third-order valence-electron chi connectivity index (χ3n) is 4.27. The smallest absolute Gasteiger partial charge is 0.407 e. The lowest BCUT2D eigenvalue weighted by molar-refractivity contribution is 0.0359. The largest absolute Gasteiger partial charge is 0.444 e. The normalized spacial score (nSPS) is 17.1. The standard InChI is InChI=1S/C21H26N2O3/c1-21(2,3)26-20(24)23-14-19-18-7-4-6-16(15-9-11-22-12-10-15)17(18)8-5-13-25-19/h4,6-7,9-12,19H,5,8,13-14H2,1-3H3,(H,23,24). The van der Waals surface area contributed by atoms with Crippen LogP contribution in [0.2, 0.25) is 0 Å². The van der Waals surface area contributed by atoms with Gasteiger partial charge in [-0.25, -0.2) is 4.79 Å². The fraction of sp³-hybridized carbons (Fsp3) is 0.429. The summed E-state index contributed by atoms with van der Waals surface area (Å²) in [6.45, 7) is 6.62. The summed E-state index contributed by atoms with van der Waals surface area (Å²) in [6.07, 6.45) is 4.93. The summed E-state index contributed by atoms with van der Waals surface area (Å²) in [6, 6.07) is 10.3. The van der Waals surface area contributed by atoms with E-state index in [4.69, 9.17) is 9.47 Å². The van der Waals surface area contributed by atoms with Crippen LogP contribution in [0.15, 0.2) is 42.7 Å². The third kappa shape index (κ3) is 4.61. The fourth-order valence-corrected chi connectivity index (χ4v) is 3.21. The van der Waals surface area contributed by atoms with Gasteiger partial charge in [0.25, 0.3) is 0 Å². The lowest BCUT2D eigenvalue weighted by Gasteiger charge is -2.23. The summed E-state index contributed by atoms with van der Waals surface area (Å²) in [4.78, 5) is 16.1. The molecule has 5 nitrogen and oxygen atoms in total. The molecule has 0 radical (unpaired) electrons. The Kier molecular flexibility index (Phi) is 5.57. The number of pyridine rings is 1. The van der Waals surface area contributed by atoms with Gasteiger partial charge in [-0.2, -0.15) is 0 Å². The number of ether oxygens (including phenoxy) is 2. The molecule has 0 bridgehead atoms. The zero-order valence-corrected chi connectivity index (χ0v) is 15.6. The van der Waals surface area contributed by atoms with Crippen molar-refractivity contribution in [2.75, 3.05) is 13.2 Å². The van der Waals surface area contributed by atoms with Crippen molar-refractivity contribution < 1.29 is 14.3 Å². The predicted octanol–water partition coefficient (Wildman–Crippen LogP) is 4.28. The molecule has 1 N–H and O–H groups in total. The summed E-state index contributed by atoms with van der Waals surface area (Å²) in [7, 11) is 0. The molecule has 1 aromatic carbocycles. The molecule has 3 rings (SSSR count). The molecule has 1 aliphatic heterocycles. The number of nitrogens with one attached hydrogen (secondary N) is 1. The zero-order chi connectivity index (χ0) is 18.6. The molecular formula is C21H26N2O3. The number of carbonyl (C=O) groups excluding carboxylic acids is 1. The Morgan fingerprint density at radius 3 is 2.77 bits per heavy atom. The van der Waals surface area contributed by atoms with Gasteiger partial charge in [-0.05, 0) is 68.0 Å². The number of aromatic nitrogens is 1. The highest BCUT2D eigenvalue weighted by atomic mass is 16.6. The Morgan fingerprint density at radius 1 is 1.27 bits per heavy atom. The van der Waals surface area contributed by atoms with Gasteiger partial charge in [0.05, 0.1) is 6.54 Å². The van der Waals surface area contributed by atoms with Crippen LogP contribution in [0.3, 0.4) is 0 Å². The minimum absolute atomic E-state index is 0.179. The molecule has 0 fully saturated rings. The Labute approximate surface area is 154 Å². The summed E-state index contributed by atoms with van der Waals surface area (Å²) < 4.78 is 11.3. The van der Waals surface area contributed by atoms with Crippen LogP contribution in [-0.2, 0) is 15.9 Å². The van der Waals surface area contributed by atoms with E-state index in [2.05, 4.69) is 22.4 Å². The molecule has 0 spiro atoms. The number of hydrogen-bond donors (Lipinski definition) is 1. The molecule has 1 amide bonds. The van der Waals surface area contributed by atoms with E-state index in [0.29, 0.717) is 13.2 Å². The van der Waals surface area contributed by atoms with Gasteiger partial charge >= 0.3 is 6.09 Å². The summed E-state index contributed by atoms with van der Waals surface area (Å²) in [5.41, 5.74) is 4.26. The minimum atomic E-state index is -0.513. The van der Waals surface area contributed by atoms with Gasteiger partial charge in [0, 0.05) is 19.0 Å². The molecule has 2 aromatic rings. The Balaban J connectivity index is 1.82. The van der Waals surface area contributed by atoms with Gasteiger partial charge in [-0.1, -0.05) is 18.2 Å². The number of rotatable bonds is 3. The second kappa shape index (κ2) is 7.87. The van der Waals surface area contributed by atoms with E-state index in [0.717, 1.165) is 24.0 Å². The first-order valence-corrected chi connectivity index (χ1v) is 9.05. The van der Waals surface area contributed by atoms with Crippen molar-refractivity contribution in [2.45, 2.75) is 45.3 Å². The molecule has 2 heterocycles. The van der Waals surface area contributed by atoms with E-state index in [1.165, 1.54) is 11.1 Å². The number of benzene rings is 1. The maximum absolute atomic E-state index is 12.0. The zero-order valence-electron chi connectivity index (χ0n) is 15.6. The molecule has 0 saturated carbocycles. The molecule has 0 aliphatic carbocycles. The van der Waals surface area contributed by atoms with Crippen molar-refractivity contribution in [3.63, 3.8) is 0 Å². The first-order valence-electron chi connectivity index (χ1n) is 9.05. The van der Waals surface area contributed by atoms with E-state index >= 15 is 0 Å². The molecule has 138 valence electrons. The summed E-state index contributed by atoms with van der Waals surface area (Å²) >= 11 is 0. The second-order valence-electron chi connectivity index (χ2n) is 7.46. The highest BCUT2D eigenvalue weighted by molar-refractivity contribution is 5.69. The van der Waals surface area contributed by atoms with Crippen molar-refractivity contribution in [1.82, 2.24) is 10.3 Å². The van der Waals surface area contributed by atoms with Crippen molar-refractivity contribution in [2.24, 2.45) is 0 Å². The van der Waals surface area contributed by atoms with E-state index < -0.39 is 11.7 Å². The van der Waals surface area contributed by atoms with E-state index in [1.807, 2.05) is 51.4 Å². The monoisotopic (exact) mass is 354 g/mol. The number of carbonyl (C=O) groups is 1. The molecule has 5 heteroatoms. The molecular weight excluding hydrogens is 328 g/mol. The summed E-state index contributed by atoms with van der Waals surface area (Å²) in [5.74, 6) is 0. The number of nitrogens with zero attached hydrogens (tertiary/aromatic N) is 1. The highest BCUT2D eigenvalue weighted by Crippen LogP contribution is 2.33. The molecule has 1 atom stereocenters. The van der Waals surface area contributed by atoms with Crippen LogP contribution >= 0.6 is 0 Å². The Bertz CT molecular complexity index is 754. The third-order valence-corrected chi connectivity index (χ3v) is 4.27. The van der Waals surface area contributed by atoms with Crippen molar-refractivity contribution in [3.8, 4) is 11.1 Å². The molecule has 1 unspecified atom stereocenters. The fourth-order valence-electron chi connectivity index (χ4n) is 3.21. The van der Waals surface area contributed by atoms with Crippen LogP contribution in [0.25, 0.3) is 11.1 Å². The van der Waals surface area contributed by atoms with Gasteiger partial charge in [-0.15, -0.1) is 0 Å². The number of alkyl carbamates (subject to hydrolysis) is 1. The van der Waals surface area contributed by atoms with E-state index in [-0.39, 0.29) is 6.10 Å². The topological polar surface area (TPSA) is 60.5 Å². The van der Waals surface area contributed by atoms with Crippen LogP contribution in [0, 0.1) is 0 Å². The van der Waals surface area contributed by atoms with Crippen LogP contribution < -0.4 is 5.32 Å². The minimum Gasteiger partial charge on any atom is -0.444 e. The van der Waals surface area contributed by atoms with Crippen LogP contribution in [0.1, 0.15) is 44.4 Å². The SMILES string of the molecule is CC(C)(C)OC(=O)NCC1OCCCc2c(-c3ccncc3)cccc21. The molecule has 0 saturated heterocycles. The lowest BCUT2D eigenvalue weighted by Crippen LogP contribution is -2.35. The Morgan fingerprint density at radius 2 is 2.04 bits per heavy atom. The van der Waals surface area contributed by atoms with Gasteiger partial charge < -0.3 is 14.8 Å². The summed E-state index contributed by atoms with van der Waals surface area (Å²) in [5, 5.41) is 2.84. The van der Waals surface area contributed by atoms with Crippen molar-refractivity contribution >= 4 is 6.09 Å². The van der Waals surface area contributed by atoms with Crippen molar-refractivity contribution in [1.29, 1.82) is 0 Å².